The maximum absolute atomic E-state index is 2.24. The van der Waals surface area contributed by atoms with Gasteiger partial charge in [0.1, 0.15) is 0 Å². The van der Waals surface area contributed by atoms with Gasteiger partial charge in [-0.2, -0.15) is 0 Å². The first-order chi connectivity index (χ1) is 4.46. The zero-order valence-electron chi connectivity index (χ0n) is 8.37. The molecule has 2 unspecified atom stereocenters. The van der Waals surface area contributed by atoms with Crippen LogP contribution in [0.15, 0.2) is 0 Å². The van der Waals surface area contributed by atoms with E-state index in [1.165, 1.54) is 0 Å². The predicted octanol–water partition coefficient (Wildman–Crippen LogP) is 0.884. The molecule has 3 heteroatoms. The molecule has 0 N–H and O–H groups in total. The second kappa shape index (κ2) is 5.99. The molecular formula is C8H20N2Ni. The first-order valence-corrected chi connectivity index (χ1v) is 3.79. The van der Waals surface area contributed by atoms with E-state index in [-0.39, 0.29) is 16.5 Å². The van der Waals surface area contributed by atoms with Gasteiger partial charge >= 0.3 is 0 Å². The number of hydrogen-bond donors (Lipinski definition) is 0. The Kier molecular flexibility index (Phi) is 7.60. The van der Waals surface area contributed by atoms with E-state index >= 15 is 0 Å². The summed E-state index contributed by atoms with van der Waals surface area (Å²) >= 11 is 0. The van der Waals surface area contributed by atoms with Crippen LogP contribution in [0.5, 0.6) is 0 Å². The molecule has 0 radical (unpaired) electrons. The topological polar surface area (TPSA) is 6.48 Å². The van der Waals surface area contributed by atoms with Gasteiger partial charge in [-0.15, -0.1) is 0 Å². The van der Waals surface area contributed by atoms with Crippen LogP contribution in [0.1, 0.15) is 13.8 Å². The molecule has 0 aliphatic heterocycles. The van der Waals surface area contributed by atoms with Crippen molar-refractivity contribution in [1.82, 2.24) is 9.80 Å². The average Bonchev–Trinajstić information content (AvgIpc) is 1.84. The quantitative estimate of drug-likeness (QED) is 0.628. The van der Waals surface area contributed by atoms with Crippen LogP contribution in [0.3, 0.4) is 0 Å². The van der Waals surface area contributed by atoms with Crippen molar-refractivity contribution in [3.8, 4) is 0 Å². The summed E-state index contributed by atoms with van der Waals surface area (Å²) in [6.45, 7) is 4.48. The zero-order chi connectivity index (χ0) is 8.31. The SMILES string of the molecule is CC(C(C)N(C)C)N(C)C.[Ni]. The van der Waals surface area contributed by atoms with Crippen molar-refractivity contribution in [2.75, 3.05) is 28.2 Å². The van der Waals surface area contributed by atoms with Crippen molar-refractivity contribution in [3.05, 3.63) is 0 Å². The van der Waals surface area contributed by atoms with Gasteiger partial charge in [-0.05, 0) is 42.0 Å². The number of rotatable bonds is 3. The largest absolute Gasteiger partial charge is 0.305 e. The fraction of sp³-hybridized carbons (Fsp3) is 1.00. The van der Waals surface area contributed by atoms with Gasteiger partial charge in [0.05, 0.1) is 0 Å². The number of nitrogens with zero attached hydrogens (tertiary/aromatic N) is 2. The van der Waals surface area contributed by atoms with Crippen molar-refractivity contribution >= 4 is 0 Å². The average molecular weight is 203 g/mol. The van der Waals surface area contributed by atoms with E-state index in [1.807, 2.05) is 0 Å². The summed E-state index contributed by atoms with van der Waals surface area (Å²) in [5.74, 6) is 0. The molecule has 0 rings (SSSR count). The molecule has 0 aliphatic rings. The van der Waals surface area contributed by atoms with Gasteiger partial charge in [0.15, 0.2) is 0 Å². The molecule has 0 aromatic carbocycles. The summed E-state index contributed by atoms with van der Waals surface area (Å²) in [7, 11) is 8.46. The van der Waals surface area contributed by atoms with E-state index in [4.69, 9.17) is 0 Å². The van der Waals surface area contributed by atoms with E-state index < -0.39 is 0 Å². The summed E-state index contributed by atoms with van der Waals surface area (Å²) in [6.07, 6.45) is 0. The Labute approximate surface area is 80.9 Å². The van der Waals surface area contributed by atoms with Crippen LogP contribution in [0, 0.1) is 0 Å². The van der Waals surface area contributed by atoms with Gasteiger partial charge in [0, 0.05) is 28.6 Å². The van der Waals surface area contributed by atoms with E-state index in [2.05, 4.69) is 51.8 Å². The Hall–Kier alpha value is 0.414. The first kappa shape index (κ1) is 14.0. The minimum atomic E-state index is 0. The second-order valence-electron chi connectivity index (χ2n) is 3.41. The standard InChI is InChI=1S/C8H20N2.Ni/c1-7(9(3)4)8(2)10(5)6;/h7-8H,1-6H3;. The van der Waals surface area contributed by atoms with Crippen LogP contribution in [-0.2, 0) is 16.5 Å². The number of likely N-dealkylation sites (N-methyl/N-ethyl adjacent to an activating group) is 2. The van der Waals surface area contributed by atoms with Gasteiger partial charge in [-0.25, -0.2) is 0 Å². The van der Waals surface area contributed by atoms with Crippen LogP contribution in [0.4, 0.5) is 0 Å². The van der Waals surface area contributed by atoms with Crippen molar-refractivity contribution in [2.45, 2.75) is 25.9 Å². The molecule has 0 heterocycles. The predicted molar refractivity (Wildman–Crippen MR) is 46.3 cm³/mol. The Morgan fingerprint density at radius 1 is 0.727 bits per heavy atom. The van der Waals surface area contributed by atoms with E-state index in [0.29, 0.717) is 12.1 Å². The van der Waals surface area contributed by atoms with Crippen molar-refractivity contribution in [2.24, 2.45) is 0 Å². The fourth-order valence-electron chi connectivity index (χ4n) is 0.863. The normalized spacial score (nSPS) is 16.4. The molecule has 72 valence electrons. The van der Waals surface area contributed by atoms with Gasteiger partial charge in [0.2, 0.25) is 0 Å². The molecule has 2 atom stereocenters. The van der Waals surface area contributed by atoms with Crippen LogP contribution in [0.25, 0.3) is 0 Å². The Morgan fingerprint density at radius 3 is 1.00 bits per heavy atom. The summed E-state index contributed by atoms with van der Waals surface area (Å²) in [6, 6.07) is 1.24. The maximum atomic E-state index is 2.24. The Morgan fingerprint density at radius 2 is 0.909 bits per heavy atom. The Bertz CT molecular complexity index is 82.1. The Balaban J connectivity index is 0. The van der Waals surface area contributed by atoms with Gasteiger partial charge in [-0.3, -0.25) is 0 Å². The molecule has 0 fully saturated rings. The minimum Gasteiger partial charge on any atom is -0.305 e. The van der Waals surface area contributed by atoms with Crippen LogP contribution in [-0.4, -0.2) is 50.1 Å². The fourth-order valence-corrected chi connectivity index (χ4v) is 0.863. The summed E-state index contributed by atoms with van der Waals surface area (Å²) in [5, 5.41) is 0. The molecule has 11 heavy (non-hydrogen) atoms. The third kappa shape index (κ3) is 4.78. The molecule has 0 spiro atoms. The molecule has 0 aliphatic carbocycles. The smallest absolute Gasteiger partial charge is 0.0214 e. The van der Waals surface area contributed by atoms with Gasteiger partial charge in [0.25, 0.3) is 0 Å². The van der Waals surface area contributed by atoms with E-state index in [9.17, 15) is 0 Å². The first-order valence-electron chi connectivity index (χ1n) is 3.79. The zero-order valence-corrected chi connectivity index (χ0v) is 9.35. The molecular weight excluding hydrogens is 183 g/mol. The maximum Gasteiger partial charge on any atom is 0.0214 e. The number of hydrogen-bond acceptors (Lipinski definition) is 2. The third-order valence-electron chi connectivity index (χ3n) is 2.33. The van der Waals surface area contributed by atoms with Crippen molar-refractivity contribution in [3.63, 3.8) is 0 Å². The molecule has 0 saturated carbocycles. The van der Waals surface area contributed by atoms with E-state index in [0.717, 1.165) is 0 Å². The van der Waals surface area contributed by atoms with Crippen LogP contribution in [0.2, 0.25) is 0 Å². The van der Waals surface area contributed by atoms with Crippen LogP contribution < -0.4 is 0 Å². The van der Waals surface area contributed by atoms with Crippen LogP contribution >= 0.6 is 0 Å². The monoisotopic (exact) mass is 202 g/mol. The molecule has 0 aromatic heterocycles. The summed E-state index contributed by atoms with van der Waals surface area (Å²) in [5.41, 5.74) is 0. The van der Waals surface area contributed by atoms with Crippen molar-refractivity contribution < 1.29 is 16.5 Å². The third-order valence-corrected chi connectivity index (χ3v) is 2.33. The molecule has 2 nitrogen and oxygen atoms in total. The molecule has 0 amide bonds. The van der Waals surface area contributed by atoms with Gasteiger partial charge < -0.3 is 9.80 Å². The second-order valence-corrected chi connectivity index (χ2v) is 3.41. The minimum absolute atomic E-state index is 0. The summed E-state index contributed by atoms with van der Waals surface area (Å²) in [4.78, 5) is 4.48. The molecule has 0 saturated heterocycles. The molecule has 0 aromatic rings. The van der Waals surface area contributed by atoms with E-state index in [1.54, 1.807) is 0 Å². The van der Waals surface area contributed by atoms with Gasteiger partial charge in [-0.1, -0.05) is 0 Å². The van der Waals surface area contributed by atoms with Crippen molar-refractivity contribution in [1.29, 1.82) is 0 Å². The molecule has 0 bridgehead atoms. The summed E-state index contributed by atoms with van der Waals surface area (Å²) < 4.78 is 0.